The molecule has 0 unspecified atom stereocenters. The van der Waals surface area contributed by atoms with Gasteiger partial charge in [-0.25, -0.2) is 0 Å². The molecule has 3 amide bonds. The topological polar surface area (TPSA) is 96.5 Å². The van der Waals surface area contributed by atoms with Gasteiger partial charge in [-0.15, -0.1) is 0 Å². The smallest absolute Gasteiger partial charge is 0.276 e. The molecule has 0 aromatic heterocycles. The summed E-state index contributed by atoms with van der Waals surface area (Å²) in [7, 11) is 0. The lowest BCUT2D eigenvalue weighted by Gasteiger charge is -2.20. The number of nitrogens with one attached hydrogen (secondary N) is 3. The minimum atomic E-state index is -0.496. The van der Waals surface area contributed by atoms with Gasteiger partial charge in [-0.1, -0.05) is 49.6 Å². The molecule has 34 heavy (non-hydrogen) atoms. The van der Waals surface area contributed by atoms with E-state index in [4.69, 9.17) is 4.74 Å². The molecule has 0 spiro atoms. The van der Waals surface area contributed by atoms with E-state index in [9.17, 15) is 14.4 Å². The third kappa shape index (κ3) is 5.94. The van der Waals surface area contributed by atoms with Crippen molar-refractivity contribution in [2.75, 3.05) is 11.9 Å². The van der Waals surface area contributed by atoms with Gasteiger partial charge in [-0.05, 0) is 69.9 Å². The monoisotopic (exact) mass is 523 g/mol. The van der Waals surface area contributed by atoms with E-state index in [1.54, 1.807) is 30.3 Å². The number of carbonyl (C=O) groups excluding carboxylic acids is 3. The molecule has 0 aliphatic heterocycles. The molecule has 0 heterocycles. The molecule has 0 saturated heterocycles. The number of hydrogen-bond acceptors (Lipinski definition) is 4. The Hall–Kier alpha value is -3.39. The van der Waals surface area contributed by atoms with Gasteiger partial charge in [0, 0.05) is 17.2 Å². The van der Waals surface area contributed by atoms with E-state index in [-0.39, 0.29) is 18.4 Å². The molecule has 1 aliphatic carbocycles. The molecule has 0 radical (unpaired) electrons. The highest BCUT2D eigenvalue weighted by molar-refractivity contribution is 9.10. The van der Waals surface area contributed by atoms with Gasteiger partial charge in [0.05, 0.1) is 4.47 Å². The fourth-order valence-electron chi connectivity index (χ4n) is 4.02. The summed E-state index contributed by atoms with van der Waals surface area (Å²) < 4.78 is 6.36. The SMILES string of the molecule is O=C(COc1ccc2ccccc2c1Br)NNC(=O)c1ccc(NC(=O)C2CCCCC2)cc1. The van der Waals surface area contributed by atoms with E-state index in [1.165, 1.54) is 6.42 Å². The van der Waals surface area contributed by atoms with Crippen molar-refractivity contribution in [1.82, 2.24) is 10.9 Å². The number of ether oxygens (including phenoxy) is 1. The molecule has 3 N–H and O–H groups in total. The van der Waals surface area contributed by atoms with Crippen LogP contribution in [0.5, 0.6) is 5.75 Å². The predicted octanol–water partition coefficient (Wildman–Crippen LogP) is 4.96. The molecule has 1 aliphatic rings. The van der Waals surface area contributed by atoms with E-state index in [0.29, 0.717) is 17.0 Å². The fraction of sp³-hybridized carbons (Fsp3) is 0.269. The summed E-state index contributed by atoms with van der Waals surface area (Å²) in [6.45, 7) is -0.261. The molecule has 1 fully saturated rings. The Bertz CT molecular complexity index is 1190. The highest BCUT2D eigenvalue weighted by Crippen LogP contribution is 2.33. The summed E-state index contributed by atoms with van der Waals surface area (Å²) in [5, 5.41) is 4.95. The minimum absolute atomic E-state index is 0.0298. The number of rotatable bonds is 6. The van der Waals surface area contributed by atoms with E-state index in [1.807, 2.05) is 30.3 Å². The van der Waals surface area contributed by atoms with Gasteiger partial charge in [-0.2, -0.15) is 0 Å². The Kier molecular flexibility index (Phi) is 7.80. The van der Waals surface area contributed by atoms with E-state index in [0.717, 1.165) is 40.9 Å². The van der Waals surface area contributed by atoms with Crippen LogP contribution in [0.4, 0.5) is 5.69 Å². The molecule has 1 saturated carbocycles. The quantitative estimate of drug-likeness (QED) is 0.397. The Balaban J connectivity index is 1.24. The first-order valence-electron chi connectivity index (χ1n) is 11.3. The van der Waals surface area contributed by atoms with Crippen LogP contribution in [0.15, 0.2) is 65.1 Å². The molecule has 8 heteroatoms. The zero-order chi connectivity index (χ0) is 23.9. The second-order valence-corrected chi connectivity index (χ2v) is 9.08. The Morgan fingerprint density at radius 3 is 2.38 bits per heavy atom. The van der Waals surface area contributed by atoms with Crippen LogP contribution in [0.3, 0.4) is 0 Å². The number of fused-ring (bicyclic) bond motifs is 1. The van der Waals surface area contributed by atoms with Gasteiger partial charge in [0.2, 0.25) is 5.91 Å². The third-order valence-electron chi connectivity index (χ3n) is 5.89. The number of hydrazine groups is 1. The van der Waals surface area contributed by atoms with Gasteiger partial charge < -0.3 is 10.1 Å². The Morgan fingerprint density at radius 1 is 0.882 bits per heavy atom. The lowest BCUT2D eigenvalue weighted by Crippen LogP contribution is -2.43. The van der Waals surface area contributed by atoms with Crippen LogP contribution in [0.2, 0.25) is 0 Å². The van der Waals surface area contributed by atoms with Crippen molar-refractivity contribution in [3.05, 3.63) is 70.7 Å². The van der Waals surface area contributed by atoms with Crippen LogP contribution in [0.25, 0.3) is 10.8 Å². The molecule has 176 valence electrons. The molecule has 4 rings (SSSR count). The summed E-state index contributed by atoms with van der Waals surface area (Å²) in [5.74, 6) is -0.340. The standard InChI is InChI=1S/C26H26BrN3O4/c27-24-21-9-5-4-6-17(21)12-15-22(24)34-16-23(31)29-30-26(33)19-10-13-20(14-11-19)28-25(32)18-7-2-1-3-8-18/h4-6,9-15,18H,1-3,7-8,16H2,(H,28,32)(H,29,31)(H,30,33). The average Bonchev–Trinajstić information content (AvgIpc) is 2.88. The van der Waals surface area contributed by atoms with Gasteiger partial charge in [0.15, 0.2) is 6.61 Å². The predicted molar refractivity (Wildman–Crippen MR) is 134 cm³/mol. The van der Waals surface area contributed by atoms with Gasteiger partial charge in [0.25, 0.3) is 11.8 Å². The van der Waals surface area contributed by atoms with E-state index in [2.05, 4.69) is 32.1 Å². The number of halogens is 1. The zero-order valence-electron chi connectivity index (χ0n) is 18.6. The highest BCUT2D eigenvalue weighted by Gasteiger charge is 2.21. The molecular weight excluding hydrogens is 498 g/mol. The van der Waals surface area contributed by atoms with Crippen molar-refractivity contribution in [2.24, 2.45) is 5.92 Å². The summed E-state index contributed by atoms with van der Waals surface area (Å²) in [6.07, 6.45) is 5.22. The average molecular weight is 524 g/mol. The number of hydrogen-bond donors (Lipinski definition) is 3. The third-order valence-corrected chi connectivity index (χ3v) is 6.71. The van der Waals surface area contributed by atoms with Crippen molar-refractivity contribution in [3.8, 4) is 5.75 Å². The van der Waals surface area contributed by atoms with Crippen molar-refractivity contribution < 1.29 is 19.1 Å². The van der Waals surface area contributed by atoms with Gasteiger partial charge in [-0.3, -0.25) is 25.2 Å². The highest BCUT2D eigenvalue weighted by atomic mass is 79.9. The first-order valence-corrected chi connectivity index (χ1v) is 12.1. The Labute approximate surface area is 206 Å². The summed E-state index contributed by atoms with van der Waals surface area (Å²) >= 11 is 3.52. The number of carbonyl (C=O) groups is 3. The van der Waals surface area contributed by atoms with Crippen molar-refractivity contribution >= 4 is 50.1 Å². The summed E-state index contributed by atoms with van der Waals surface area (Å²) in [5.41, 5.74) is 5.72. The second-order valence-electron chi connectivity index (χ2n) is 8.29. The van der Waals surface area contributed by atoms with Crippen molar-refractivity contribution in [2.45, 2.75) is 32.1 Å². The summed E-state index contributed by atoms with van der Waals surface area (Å²) in [6, 6.07) is 18.1. The van der Waals surface area contributed by atoms with Gasteiger partial charge in [0.1, 0.15) is 5.75 Å². The molecule has 7 nitrogen and oxygen atoms in total. The Morgan fingerprint density at radius 2 is 1.62 bits per heavy atom. The number of anilines is 1. The van der Waals surface area contributed by atoms with E-state index >= 15 is 0 Å². The van der Waals surface area contributed by atoms with Gasteiger partial charge >= 0.3 is 0 Å². The van der Waals surface area contributed by atoms with Crippen molar-refractivity contribution in [3.63, 3.8) is 0 Å². The van der Waals surface area contributed by atoms with Crippen LogP contribution >= 0.6 is 15.9 Å². The molecule has 0 bridgehead atoms. The molecule has 3 aromatic carbocycles. The van der Waals surface area contributed by atoms with Crippen LogP contribution in [-0.2, 0) is 9.59 Å². The lowest BCUT2D eigenvalue weighted by atomic mass is 9.88. The largest absolute Gasteiger partial charge is 0.483 e. The summed E-state index contributed by atoms with van der Waals surface area (Å²) in [4.78, 5) is 36.8. The van der Waals surface area contributed by atoms with Crippen LogP contribution in [0.1, 0.15) is 42.5 Å². The lowest BCUT2D eigenvalue weighted by molar-refractivity contribution is -0.124. The maximum atomic E-state index is 12.4. The number of benzene rings is 3. The number of amides is 3. The second kappa shape index (κ2) is 11.2. The first kappa shape index (κ1) is 23.8. The zero-order valence-corrected chi connectivity index (χ0v) is 20.2. The van der Waals surface area contributed by atoms with Crippen LogP contribution in [-0.4, -0.2) is 24.3 Å². The van der Waals surface area contributed by atoms with Crippen LogP contribution < -0.4 is 20.9 Å². The normalized spacial score (nSPS) is 13.8. The molecular formula is C26H26BrN3O4. The van der Waals surface area contributed by atoms with Crippen LogP contribution in [0, 0.1) is 5.92 Å². The fourth-order valence-corrected chi connectivity index (χ4v) is 4.62. The maximum Gasteiger partial charge on any atom is 0.276 e. The molecule has 0 atom stereocenters. The first-order chi connectivity index (χ1) is 16.5. The van der Waals surface area contributed by atoms with Crippen molar-refractivity contribution in [1.29, 1.82) is 0 Å². The minimum Gasteiger partial charge on any atom is -0.483 e. The van der Waals surface area contributed by atoms with E-state index < -0.39 is 11.8 Å². The molecule has 3 aromatic rings. The maximum absolute atomic E-state index is 12.4.